The van der Waals surface area contributed by atoms with Crippen molar-refractivity contribution in [2.75, 3.05) is 0 Å². The van der Waals surface area contributed by atoms with Gasteiger partial charge in [-0.3, -0.25) is 9.48 Å². The molecule has 0 radical (unpaired) electrons. The van der Waals surface area contributed by atoms with Gasteiger partial charge in [0, 0.05) is 12.4 Å². The molecule has 1 N–H and O–H groups in total. The number of tetrazole rings is 1. The van der Waals surface area contributed by atoms with Gasteiger partial charge < -0.3 is 5.11 Å². The van der Waals surface area contributed by atoms with Crippen LogP contribution in [0.2, 0.25) is 0 Å². The summed E-state index contributed by atoms with van der Waals surface area (Å²) in [5.74, 6) is -0.854. The van der Waals surface area contributed by atoms with E-state index in [-0.39, 0.29) is 6.04 Å². The van der Waals surface area contributed by atoms with Gasteiger partial charge in [0.05, 0.1) is 12.0 Å². The molecule has 2 rings (SSSR count). The molecular weight excluding hydrogens is 236 g/mol. The number of rotatable bonds is 5. The molecule has 8 heteroatoms. The highest BCUT2D eigenvalue weighted by atomic mass is 16.4. The Balaban J connectivity index is 2.19. The van der Waals surface area contributed by atoms with Crippen molar-refractivity contribution in [2.24, 2.45) is 5.92 Å². The van der Waals surface area contributed by atoms with Crippen molar-refractivity contribution < 1.29 is 9.90 Å². The minimum Gasteiger partial charge on any atom is -0.481 e. The zero-order valence-corrected chi connectivity index (χ0v) is 10.1. The van der Waals surface area contributed by atoms with E-state index in [4.69, 9.17) is 5.11 Å². The third kappa shape index (κ3) is 2.36. The molecule has 0 saturated carbocycles. The highest BCUT2D eigenvalue weighted by Gasteiger charge is 2.24. The van der Waals surface area contributed by atoms with Crippen LogP contribution in [0.25, 0.3) is 0 Å². The van der Waals surface area contributed by atoms with Crippen LogP contribution in [0.4, 0.5) is 0 Å². The van der Waals surface area contributed by atoms with Gasteiger partial charge in [0.1, 0.15) is 6.54 Å². The van der Waals surface area contributed by atoms with Gasteiger partial charge in [0.15, 0.2) is 5.82 Å². The van der Waals surface area contributed by atoms with Gasteiger partial charge in [-0.1, -0.05) is 0 Å². The zero-order chi connectivity index (χ0) is 13.1. The Morgan fingerprint density at radius 1 is 1.50 bits per heavy atom. The van der Waals surface area contributed by atoms with Gasteiger partial charge in [0.2, 0.25) is 0 Å². The smallest absolute Gasteiger partial charge is 0.308 e. The lowest BCUT2D eigenvalue weighted by Crippen LogP contribution is -2.24. The van der Waals surface area contributed by atoms with Gasteiger partial charge in [0.25, 0.3) is 0 Å². The maximum atomic E-state index is 11.0. The number of carboxylic acids is 1. The fourth-order valence-electron chi connectivity index (χ4n) is 1.59. The number of aromatic nitrogens is 6. The number of hydrogen-bond acceptors (Lipinski definition) is 5. The maximum absolute atomic E-state index is 11.0. The first kappa shape index (κ1) is 12.2. The molecule has 0 aliphatic carbocycles. The second kappa shape index (κ2) is 4.94. The Bertz CT molecular complexity index is 520. The van der Waals surface area contributed by atoms with Crippen molar-refractivity contribution in [1.82, 2.24) is 30.0 Å². The molecule has 0 bridgehead atoms. The van der Waals surface area contributed by atoms with E-state index < -0.39 is 11.9 Å². The molecule has 0 spiro atoms. The molecule has 0 amide bonds. The van der Waals surface area contributed by atoms with E-state index in [2.05, 4.69) is 20.6 Å². The predicted molar refractivity (Wildman–Crippen MR) is 60.7 cm³/mol. The van der Waals surface area contributed by atoms with Crippen molar-refractivity contribution in [2.45, 2.75) is 26.4 Å². The van der Waals surface area contributed by atoms with Crippen molar-refractivity contribution >= 4 is 5.97 Å². The van der Waals surface area contributed by atoms with E-state index in [1.165, 1.54) is 4.68 Å². The summed E-state index contributed by atoms with van der Waals surface area (Å²) in [6.45, 7) is 3.82. The Hall–Kier alpha value is -2.25. The van der Waals surface area contributed by atoms with E-state index in [1.807, 2.05) is 0 Å². The van der Waals surface area contributed by atoms with Crippen LogP contribution < -0.4 is 0 Å². The average molecular weight is 250 g/mol. The largest absolute Gasteiger partial charge is 0.481 e. The van der Waals surface area contributed by atoms with Gasteiger partial charge in [-0.25, -0.2) is 4.68 Å². The first-order valence-corrected chi connectivity index (χ1v) is 5.56. The lowest BCUT2D eigenvalue weighted by molar-refractivity contribution is -0.142. The number of carboxylic acid groups (broad SMARTS) is 1. The third-order valence-corrected chi connectivity index (χ3v) is 2.92. The summed E-state index contributed by atoms with van der Waals surface area (Å²) >= 11 is 0. The molecule has 96 valence electrons. The summed E-state index contributed by atoms with van der Waals surface area (Å²) in [5.41, 5.74) is 0. The van der Waals surface area contributed by atoms with Gasteiger partial charge in [-0.15, -0.1) is 5.10 Å². The predicted octanol–water partition coefficient (Wildman–Crippen LogP) is 0.200. The van der Waals surface area contributed by atoms with Crippen LogP contribution in [0, 0.1) is 5.92 Å². The lowest BCUT2D eigenvalue weighted by atomic mass is 10.0. The first-order valence-electron chi connectivity index (χ1n) is 5.56. The molecule has 18 heavy (non-hydrogen) atoms. The quantitative estimate of drug-likeness (QED) is 0.813. The van der Waals surface area contributed by atoms with Crippen molar-refractivity contribution in [1.29, 1.82) is 0 Å². The maximum Gasteiger partial charge on any atom is 0.308 e. The summed E-state index contributed by atoms with van der Waals surface area (Å²) in [6.07, 6.45) is 3.46. The summed E-state index contributed by atoms with van der Waals surface area (Å²) in [4.78, 5) is 11.0. The minimum absolute atomic E-state index is 0.317. The Morgan fingerprint density at radius 2 is 2.28 bits per heavy atom. The summed E-state index contributed by atoms with van der Waals surface area (Å²) in [5, 5.41) is 24.4. The van der Waals surface area contributed by atoms with E-state index in [9.17, 15) is 4.79 Å². The monoisotopic (exact) mass is 250 g/mol. The van der Waals surface area contributed by atoms with Crippen LogP contribution in [-0.2, 0) is 11.3 Å². The standard InChI is InChI=1S/C10H14N6O2/c1-7(10(17)18)8(2)16-9(12-13-14-16)6-15-5-3-4-11-15/h3-5,7-8H,6H2,1-2H3,(H,17,18). The molecule has 0 aliphatic rings. The van der Waals surface area contributed by atoms with Crippen molar-refractivity contribution in [3.63, 3.8) is 0 Å². The second-order valence-corrected chi connectivity index (χ2v) is 4.11. The first-order chi connectivity index (χ1) is 8.59. The summed E-state index contributed by atoms with van der Waals surface area (Å²) in [6, 6.07) is 1.49. The molecule has 0 saturated heterocycles. The molecule has 2 heterocycles. The van der Waals surface area contributed by atoms with Crippen LogP contribution in [-0.4, -0.2) is 41.1 Å². The highest BCUT2D eigenvalue weighted by molar-refractivity contribution is 5.70. The SMILES string of the molecule is CC(C(=O)O)C(C)n1nnnc1Cn1cccn1. The summed E-state index contributed by atoms with van der Waals surface area (Å²) < 4.78 is 3.21. The van der Waals surface area contributed by atoms with E-state index in [1.54, 1.807) is 37.0 Å². The van der Waals surface area contributed by atoms with Crippen molar-refractivity contribution in [3.8, 4) is 0 Å². The van der Waals surface area contributed by atoms with Gasteiger partial charge in [-0.05, 0) is 30.3 Å². The molecular formula is C10H14N6O2. The minimum atomic E-state index is -0.872. The van der Waals surface area contributed by atoms with Crippen LogP contribution in [0.1, 0.15) is 25.7 Å². The molecule has 0 aromatic carbocycles. The molecule has 2 unspecified atom stereocenters. The number of hydrogen-bond donors (Lipinski definition) is 1. The van der Waals surface area contributed by atoms with Gasteiger partial charge in [-0.2, -0.15) is 5.10 Å². The van der Waals surface area contributed by atoms with Gasteiger partial charge >= 0.3 is 5.97 Å². The number of nitrogens with zero attached hydrogens (tertiary/aromatic N) is 6. The van der Waals surface area contributed by atoms with E-state index in [0.29, 0.717) is 12.4 Å². The molecule has 2 atom stereocenters. The normalized spacial score (nSPS) is 14.3. The molecule has 2 aromatic rings. The molecule has 0 fully saturated rings. The number of carbonyl (C=O) groups is 1. The Labute approximate surface area is 103 Å². The fourth-order valence-corrected chi connectivity index (χ4v) is 1.59. The molecule has 0 aliphatic heterocycles. The topological polar surface area (TPSA) is 98.7 Å². The van der Waals surface area contributed by atoms with Crippen LogP contribution in [0.3, 0.4) is 0 Å². The van der Waals surface area contributed by atoms with Crippen LogP contribution >= 0.6 is 0 Å². The van der Waals surface area contributed by atoms with E-state index >= 15 is 0 Å². The summed E-state index contributed by atoms with van der Waals surface area (Å²) in [7, 11) is 0. The number of aliphatic carboxylic acids is 1. The molecule has 8 nitrogen and oxygen atoms in total. The second-order valence-electron chi connectivity index (χ2n) is 4.11. The fraction of sp³-hybridized carbons (Fsp3) is 0.500. The van der Waals surface area contributed by atoms with Crippen LogP contribution in [0.15, 0.2) is 18.5 Å². The van der Waals surface area contributed by atoms with Crippen LogP contribution in [0.5, 0.6) is 0 Å². The Kier molecular flexibility index (Phi) is 3.35. The molecule has 2 aromatic heterocycles. The zero-order valence-electron chi connectivity index (χ0n) is 10.1. The van der Waals surface area contributed by atoms with Crippen molar-refractivity contribution in [3.05, 3.63) is 24.3 Å². The third-order valence-electron chi connectivity index (χ3n) is 2.92. The Morgan fingerprint density at radius 3 is 2.89 bits per heavy atom. The highest BCUT2D eigenvalue weighted by Crippen LogP contribution is 2.17. The lowest BCUT2D eigenvalue weighted by Gasteiger charge is -2.17. The average Bonchev–Trinajstić information content (AvgIpc) is 2.99. The van der Waals surface area contributed by atoms with E-state index in [0.717, 1.165) is 0 Å².